The summed E-state index contributed by atoms with van der Waals surface area (Å²) in [6, 6.07) is 0. The molecule has 0 spiro atoms. The molecule has 1 aliphatic rings. The van der Waals surface area contributed by atoms with Crippen LogP contribution in [0.5, 0.6) is 0 Å². The average molecular weight is 170 g/mol. The molecule has 1 rings (SSSR count). The van der Waals surface area contributed by atoms with Crippen LogP contribution in [0.15, 0.2) is 0 Å². The van der Waals surface area contributed by atoms with Crippen molar-refractivity contribution in [3.05, 3.63) is 0 Å². The monoisotopic (exact) mass is 170 g/mol. The van der Waals surface area contributed by atoms with E-state index in [4.69, 9.17) is 0 Å². The van der Waals surface area contributed by atoms with Crippen molar-refractivity contribution in [3.8, 4) is 0 Å². The smallest absolute Gasteiger partial charge is 0.0191 e. The molecule has 0 aromatic carbocycles. The Labute approximate surface area is 76.3 Å². The fourth-order valence-corrected chi connectivity index (χ4v) is 1.61. The number of hydrogen-bond donors (Lipinski definition) is 1. The first-order chi connectivity index (χ1) is 5.37. The fraction of sp³-hybridized carbons (Fsp3) is 1.00. The number of hydrogen-bond acceptors (Lipinski definition) is 2. The molecule has 1 unspecified atom stereocenters. The van der Waals surface area contributed by atoms with Gasteiger partial charge >= 0.3 is 0 Å². The van der Waals surface area contributed by atoms with Crippen molar-refractivity contribution < 1.29 is 0 Å². The van der Waals surface area contributed by atoms with Crippen LogP contribution < -0.4 is 5.32 Å². The zero-order chi connectivity index (χ0) is 9.41. The fourth-order valence-electron chi connectivity index (χ4n) is 1.61. The molecule has 0 radical (unpaired) electrons. The van der Waals surface area contributed by atoms with E-state index in [0.29, 0.717) is 11.0 Å². The zero-order valence-corrected chi connectivity index (χ0v) is 9.07. The van der Waals surface area contributed by atoms with Crippen LogP contribution in [0.25, 0.3) is 0 Å². The van der Waals surface area contributed by atoms with E-state index in [0.717, 1.165) is 0 Å². The Balaban J connectivity index is 2.40. The quantitative estimate of drug-likeness (QED) is 0.687. The zero-order valence-electron chi connectivity index (χ0n) is 9.07. The highest BCUT2D eigenvalue weighted by Crippen LogP contribution is 2.41. The Morgan fingerprint density at radius 3 is 2.08 bits per heavy atom. The van der Waals surface area contributed by atoms with Crippen LogP contribution in [0.4, 0.5) is 0 Å². The van der Waals surface area contributed by atoms with E-state index in [1.807, 2.05) is 0 Å². The lowest BCUT2D eigenvalue weighted by Crippen LogP contribution is -2.68. The molecule has 2 heteroatoms. The molecule has 0 aliphatic carbocycles. The molecule has 72 valence electrons. The molecule has 1 heterocycles. The molecule has 1 saturated heterocycles. The lowest BCUT2D eigenvalue weighted by Gasteiger charge is -2.56. The van der Waals surface area contributed by atoms with Gasteiger partial charge < -0.3 is 10.2 Å². The van der Waals surface area contributed by atoms with Crippen molar-refractivity contribution >= 4 is 0 Å². The molecule has 0 amide bonds. The van der Waals surface area contributed by atoms with E-state index in [2.05, 4.69) is 45.1 Å². The summed E-state index contributed by atoms with van der Waals surface area (Å²) in [5, 5.41) is 3.48. The molecule has 12 heavy (non-hydrogen) atoms. The molecule has 1 atom stereocenters. The average Bonchev–Trinajstić information content (AvgIpc) is 1.98. The van der Waals surface area contributed by atoms with Gasteiger partial charge in [-0.2, -0.15) is 0 Å². The van der Waals surface area contributed by atoms with Crippen LogP contribution in [0.2, 0.25) is 0 Å². The van der Waals surface area contributed by atoms with E-state index in [-0.39, 0.29) is 0 Å². The molecule has 1 fully saturated rings. The van der Waals surface area contributed by atoms with Gasteiger partial charge in [0, 0.05) is 12.1 Å². The van der Waals surface area contributed by atoms with Crippen molar-refractivity contribution in [3.63, 3.8) is 0 Å². The first-order valence-electron chi connectivity index (χ1n) is 4.77. The minimum Gasteiger partial charge on any atom is -0.311 e. The molecular weight excluding hydrogens is 148 g/mol. The van der Waals surface area contributed by atoms with Gasteiger partial charge in [-0.05, 0) is 46.3 Å². The topological polar surface area (TPSA) is 15.3 Å². The Morgan fingerprint density at radius 2 is 1.83 bits per heavy atom. The standard InChI is InChI=1S/C10H22N2/c1-9(2)10(3,8-11-9)6-7-12(4)5/h11H,6-8H2,1-5H3. The molecule has 1 aliphatic heterocycles. The van der Waals surface area contributed by atoms with E-state index in [9.17, 15) is 0 Å². The highest BCUT2D eigenvalue weighted by molar-refractivity contribution is 5.06. The summed E-state index contributed by atoms with van der Waals surface area (Å²) in [7, 11) is 4.28. The maximum absolute atomic E-state index is 3.48. The second kappa shape index (κ2) is 3.00. The number of nitrogens with zero attached hydrogens (tertiary/aromatic N) is 1. The van der Waals surface area contributed by atoms with Gasteiger partial charge in [-0.1, -0.05) is 6.92 Å². The van der Waals surface area contributed by atoms with Gasteiger partial charge in [0.1, 0.15) is 0 Å². The van der Waals surface area contributed by atoms with E-state index in [1.165, 1.54) is 19.5 Å². The predicted octanol–water partition coefficient (Wildman–Crippen LogP) is 1.33. The molecule has 1 N–H and O–H groups in total. The first-order valence-corrected chi connectivity index (χ1v) is 4.77. The Kier molecular flexibility index (Phi) is 2.50. The van der Waals surface area contributed by atoms with Crippen molar-refractivity contribution in [1.29, 1.82) is 0 Å². The third-order valence-corrected chi connectivity index (χ3v) is 3.54. The lowest BCUT2D eigenvalue weighted by atomic mass is 9.64. The van der Waals surface area contributed by atoms with Crippen LogP contribution in [-0.4, -0.2) is 37.6 Å². The summed E-state index contributed by atoms with van der Waals surface area (Å²) < 4.78 is 0. The normalized spacial score (nSPS) is 33.5. The third kappa shape index (κ3) is 1.64. The second-order valence-electron chi connectivity index (χ2n) is 5.09. The van der Waals surface area contributed by atoms with Crippen LogP contribution in [0.1, 0.15) is 27.2 Å². The van der Waals surface area contributed by atoms with Crippen molar-refractivity contribution in [1.82, 2.24) is 10.2 Å². The van der Waals surface area contributed by atoms with Crippen LogP contribution in [-0.2, 0) is 0 Å². The van der Waals surface area contributed by atoms with Crippen LogP contribution >= 0.6 is 0 Å². The van der Waals surface area contributed by atoms with Crippen molar-refractivity contribution in [2.45, 2.75) is 32.7 Å². The van der Waals surface area contributed by atoms with E-state index >= 15 is 0 Å². The van der Waals surface area contributed by atoms with Gasteiger partial charge in [0.05, 0.1) is 0 Å². The van der Waals surface area contributed by atoms with Crippen molar-refractivity contribution in [2.75, 3.05) is 27.2 Å². The molecule has 0 aromatic heterocycles. The Morgan fingerprint density at radius 1 is 1.25 bits per heavy atom. The maximum Gasteiger partial charge on any atom is 0.0191 e. The SMILES string of the molecule is CN(C)CCC1(C)CNC1(C)C. The van der Waals surface area contributed by atoms with E-state index in [1.54, 1.807) is 0 Å². The summed E-state index contributed by atoms with van der Waals surface area (Å²) in [5.74, 6) is 0. The Hall–Kier alpha value is -0.0800. The first kappa shape index (κ1) is 10.0. The summed E-state index contributed by atoms with van der Waals surface area (Å²) in [6.45, 7) is 9.35. The minimum absolute atomic E-state index is 0.336. The van der Waals surface area contributed by atoms with Gasteiger partial charge in [0.2, 0.25) is 0 Å². The van der Waals surface area contributed by atoms with Gasteiger partial charge in [0.15, 0.2) is 0 Å². The minimum atomic E-state index is 0.336. The third-order valence-electron chi connectivity index (χ3n) is 3.54. The van der Waals surface area contributed by atoms with E-state index < -0.39 is 0 Å². The van der Waals surface area contributed by atoms with Crippen LogP contribution in [0.3, 0.4) is 0 Å². The summed E-state index contributed by atoms with van der Waals surface area (Å²) in [4.78, 5) is 2.26. The summed E-state index contributed by atoms with van der Waals surface area (Å²) in [5.41, 5.74) is 0.834. The number of nitrogens with one attached hydrogen (secondary N) is 1. The molecule has 0 bridgehead atoms. The van der Waals surface area contributed by atoms with Gasteiger partial charge in [-0.15, -0.1) is 0 Å². The summed E-state index contributed by atoms with van der Waals surface area (Å²) >= 11 is 0. The van der Waals surface area contributed by atoms with Crippen molar-refractivity contribution in [2.24, 2.45) is 5.41 Å². The number of rotatable bonds is 3. The highest BCUT2D eigenvalue weighted by atomic mass is 15.1. The lowest BCUT2D eigenvalue weighted by molar-refractivity contribution is 0.0139. The largest absolute Gasteiger partial charge is 0.311 e. The second-order valence-corrected chi connectivity index (χ2v) is 5.09. The molecule has 2 nitrogen and oxygen atoms in total. The highest BCUT2D eigenvalue weighted by Gasteiger charge is 2.48. The Bertz CT molecular complexity index is 163. The van der Waals surface area contributed by atoms with Gasteiger partial charge in [0.25, 0.3) is 0 Å². The molecular formula is C10H22N2. The molecule has 0 aromatic rings. The maximum atomic E-state index is 3.48. The van der Waals surface area contributed by atoms with Crippen LogP contribution in [0, 0.1) is 5.41 Å². The summed E-state index contributed by atoms with van der Waals surface area (Å²) in [6.07, 6.45) is 1.29. The molecule has 0 saturated carbocycles. The predicted molar refractivity (Wildman–Crippen MR) is 53.4 cm³/mol. The van der Waals surface area contributed by atoms with Gasteiger partial charge in [-0.25, -0.2) is 0 Å². The van der Waals surface area contributed by atoms with Gasteiger partial charge in [-0.3, -0.25) is 0 Å².